The molecule has 2 aromatic rings. The van der Waals surface area contributed by atoms with Crippen molar-refractivity contribution in [2.45, 2.75) is 24.5 Å². The van der Waals surface area contributed by atoms with Crippen LogP contribution in [-0.2, 0) is 18.4 Å². The molecule has 0 aliphatic carbocycles. The normalized spacial score (nSPS) is 22.3. The van der Waals surface area contributed by atoms with Crippen molar-refractivity contribution in [2.24, 2.45) is 5.73 Å². The average Bonchev–Trinajstić information content (AvgIpc) is 3.12. The molecule has 0 radical (unpaired) electrons. The number of aliphatic hydroxyl groups is 2. The lowest BCUT2D eigenvalue weighted by Crippen LogP contribution is -2.39. The summed E-state index contributed by atoms with van der Waals surface area (Å²) in [5.74, 6) is -0.0601. The van der Waals surface area contributed by atoms with Crippen molar-refractivity contribution in [1.29, 1.82) is 0 Å². The van der Waals surface area contributed by atoms with Gasteiger partial charge in [0.1, 0.15) is 12.2 Å². The van der Waals surface area contributed by atoms with Crippen LogP contribution in [0.15, 0.2) is 11.1 Å². The van der Waals surface area contributed by atoms with Gasteiger partial charge in [-0.3, -0.25) is 14.3 Å². The summed E-state index contributed by atoms with van der Waals surface area (Å²) in [6.07, 6.45) is -1.28. The van der Waals surface area contributed by atoms with E-state index in [0.717, 1.165) is 0 Å². The minimum absolute atomic E-state index is 0.0601. The Morgan fingerprint density at radius 2 is 1.43 bits per heavy atom. The number of imidazole rings is 1. The Morgan fingerprint density at radius 1 is 1.00 bits per heavy atom. The molecule has 25 heteroatoms. The van der Waals surface area contributed by atoms with Gasteiger partial charge in [0.15, 0.2) is 17.4 Å². The fourth-order valence-corrected chi connectivity index (χ4v) is 2.30. The molecule has 1 aliphatic rings. The highest BCUT2D eigenvalue weighted by molar-refractivity contribution is 7.45. The standard InChI is InChI=1S/C10H14N6O4.3H3O4P/c11-4-6(18)3(1-17)20-9(4)16-2-13-5-7(16)14-10(12)15-8(5)19;3*1-5(2,3)4/h2-4,6,9,17-18H,1,11H2,(H3,12,14,15,19);3*(H3,1,2,3,4)/t3-,4?,6-,9-;;;/m1.../s1. The average molecular weight is 576 g/mol. The highest BCUT2D eigenvalue weighted by atomic mass is 31.2. The highest BCUT2D eigenvalue weighted by Gasteiger charge is 2.42. The van der Waals surface area contributed by atoms with Gasteiger partial charge in [-0.05, 0) is 0 Å². The summed E-state index contributed by atoms with van der Waals surface area (Å²) < 4.78 is 33.5. The fraction of sp³-hybridized carbons (Fsp3) is 0.500. The topological polar surface area (TPSA) is 399 Å². The quantitative estimate of drug-likeness (QED) is 0.148. The smallest absolute Gasteiger partial charge is 0.394 e. The molecule has 1 aliphatic heterocycles. The molecule has 35 heavy (non-hydrogen) atoms. The lowest BCUT2D eigenvalue weighted by Gasteiger charge is -2.17. The van der Waals surface area contributed by atoms with Crippen LogP contribution in [-0.4, -0.2) is 98.6 Å². The number of nitrogens with two attached hydrogens (primary N) is 2. The molecule has 1 saturated heterocycles. The number of aromatic nitrogens is 4. The molecular weight excluding hydrogens is 553 g/mol. The number of nitrogen functional groups attached to an aromatic ring is 1. The van der Waals surface area contributed by atoms with Gasteiger partial charge < -0.3 is 70.5 Å². The largest absolute Gasteiger partial charge is 0.466 e. The zero-order valence-electron chi connectivity index (χ0n) is 16.9. The Balaban J connectivity index is 0.000000635. The molecule has 0 saturated carbocycles. The van der Waals surface area contributed by atoms with Crippen molar-refractivity contribution in [3.05, 3.63) is 16.7 Å². The van der Waals surface area contributed by atoms with Crippen LogP contribution in [0.25, 0.3) is 11.2 Å². The summed E-state index contributed by atoms with van der Waals surface area (Å²) in [5.41, 5.74) is 11.2. The Labute approximate surface area is 192 Å². The molecule has 0 aromatic carbocycles. The van der Waals surface area contributed by atoms with Gasteiger partial charge in [-0.2, -0.15) is 4.98 Å². The van der Waals surface area contributed by atoms with E-state index in [1.165, 1.54) is 10.9 Å². The number of aliphatic hydroxyl groups excluding tert-OH is 2. The molecule has 16 N–H and O–H groups in total. The van der Waals surface area contributed by atoms with Gasteiger partial charge in [0, 0.05) is 0 Å². The first-order valence-corrected chi connectivity index (χ1v) is 13.0. The second-order valence-electron chi connectivity index (χ2n) is 6.13. The number of nitrogens with zero attached hydrogens (tertiary/aromatic N) is 3. The van der Waals surface area contributed by atoms with E-state index >= 15 is 0 Å². The number of rotatable bonds is 2. The summed E-state index contributed by atoms with van der Waals surface area (Å²) in [6, 6.07) is -0.785. The molecule has 1 fully saturated rings. The molecule has 1 unspecified atom stereocenters. The van der Waals surface area contributed by atoms with Crippen molar-refractivity contribution in [2.75, 3.05) is 12.3 Å². The summed E-state index contributed by atoms with van der Waals surface area (Å²) in [6.45, 7) is -0.367. The maximum absolute atomic E-state index is 11.7. The van der Waals surface area contributed by atoms with Gasteiger partial charge in [0.2, 0.25) is 5.95 Å². The van der Waals surface area contributed by atoms with Gasteiger partial charge in [-0.1, -0.05) is 0 Å². The minimum atomic E-state index is -4.64. The lowest BCUT2D eigenvalue weighted by molar-refractivity contribution is -0.0437. The number of H-pyrrole nitrogens is 1. The van der Waals surface area contributed by atoms with Crippen molar-refractivity contribution in [3.63, 3.8) is 0 Å². The van der Waals surface area contributed by atoms with E-state index in [1.807, 2.05) is 0 Å². The van der Waals surface area contributed by atoms with Crippen molar-refractivity contribution in [3.8, 4) is 0 Å². The third-order valence-electron chi connectivity index (χ3n) is 3.32. The molecule has 0 bridgehead atoms. The maximum Gasteiger partial charge on any atom is 0.466 e. The van der Waals surface area contributed by atoms with Crippen LogP contribution in [0.1, 0.15) is 6.23 Å². The molecule has 3 rings (SSSR count). The highest BCUT2D eigenvalue weighted by Crippen LogP contribution is 2.29. The van der Waals surface area contributed by atoms with Crippen LogP contribution in [0.2, 0.25) is 0 Å². The summed E-state index contributed by atoms with van der Waals surface area (Å²) in [7, 11) is -13.9. The number of hydrogen-bond acceptors (Lipinski definition) is 11. The molecular formula is C10H23N6O16P3. The van der Waals surface area contributed by atoms with Crippen LogP contribution in [0.4, 0.5) is 5.95 Å². The third kappa shape index (κ3) is 14.5. The molecule has 204 valence electrons. The Bertz CT molecular complexity index is 1080. The van der Waals surface area contributed by atoms with E-state index in [9.17, 15) is 9.90 Å². The van der Waals surface area contributed by atoms with Crippen LogP contribution in [0, 0.1) is 0 Å². The SMILES string of the molecule is Nc1nc2c(ncn2[C@@H]2O[C@H](CO)[C@@H](O)C2N)c(=O)[nH]1.O=P(O)(O)O.O=P(O)(O)O.O=P(O)(O)O. The second-order valence-corrected chi connectivity index (χ2v) is 9.21. The zero-order valence-corrected chi connectivity index (χ0v) is 19.6. The summed E-state index contributed by atoms with van der Waals surface area (Å²) in [5, 5.41) is 19.0. The van der Waals surface area contributed by atoms with Crippen molar-refractivity contribution in [1.82, 2.24) is 19.5 Å². The zero-order chi connectivity index (χ0) is 27.9. The molecule has 4 atom stereocenters. The predicted octanol–water partition coefficient (Wildman–Crippen LogP) is -5.51. The van der Waals surface area contributed by atoms with E-state index in [1.54, 1.807) is 0 Å². The van der Waals surface area contributed by atoms with Crippen LogP contribution >= 0.6 is 23.5 Å². The van der Waals surface area contributed by atoms with E-state index in [2.05, 4.69) is 15.0 Å². The Hall–Kier alpha value is -1.68. The van der Waals surface area contributed by atoms with Gasteiger partial charge >= 0.3 is 23.5 Å². The van der Waals surface area contributed by atoms with Gasteiger partial charge in [-0.25, -0.2) is 18.7 Å². The molecule has 0 spiro atoms. The minimum Gasteiger partial charge on any atom is -0.394 e. The van der Waals surface area contributed by atoms with Crippen molar-refractivity contribution < 1.29 is 72.7 Å². The van der Waals surface area contributed by atoms with E-state index in [-0.39, 0.29) is 23.7 Å². The maximum atomic E-state index is 11.7. The van der Waals surface area contributed by atoms with Crippen molar-refractivity contribution >= 4 is 40.6 Å². The number of phosphoric acid groups is 3. The molecule has 22 nitrogen and oxygen atoms in total. The Kier molecular flexibility index (Phi) is 12.4. The van der Waals surface area contributed by atoms with Crippen LogP contribution in [0.3, 0.4) is 0 Å². The first-order valence-electron chi connectivity index (χ1n) is 8.30. The number of aromatic amines is 1. The number of nitrogens with one attached hydrogen (secondary N) is 1. The van der Waals surface area contributed by atoms with E-state index in [4.69, 9.17) is 79.0 Å². The third-order valence-corrected chi connectivity index (χ3v) is 3.32. The summed E-state index contributed by atoms with van der Waals surface area (Å²) in [4.78, 5) is 86.6. The van der Waals surface area contributed by atoms with Crippen LogP contribution in [0.5, 0.6) is 0 Å². The number of hydrogen-bond donors (Lipinski definition) is 14. The number of anilines is 1. The second kappa shape index (κ2) is 13.0. The predicted molar refractivity (Wildman–Crippen MR) is 110 cm³/mol. The van der Waals surface area contributed by atoms with E-state index in [0.29, 0.717) is 0 Å². The molecule has 3 heterocycles. The van der Waals surface area contributed by atoms with E-state index < -0.39 is 53.5 Å². The van der Waals surface area contributed by atoms with Gasteiger partial charge in [-0.15, -0.1) is 0 Å². The monoisotopic (exact) mass is 576 g/mol. The lowest BCUT2D eigenvalue weighted by atomic mass is 10.1. The number of fused-ring (bicyclic) bond motifs is 1. The first-order chi connectivity index (χ1) is 15.5. The number of ether oxygens (including phenoxy) is 1. The molecule has 0 amide bonds. The van der Waals surface area contributed by atoms with Gasteiger partial charge in [0.05, 0.1) is 19.0 Å². The van der Waals surface area contributed by atoms with Crippen LogP contribution < -0.4 is 17.0 Å². The fourth-order valence-electron chi connectivity index (χ4n) is 2.30. The van der Waals surface area contributed by atoms with Gasteiger partial charge in [0.25, 0.3) is 5.56 Å². The molecule has 2 aromatic heterocycles. The summed E-state index contributed by atoms with van der Waals surface area (Å²) >= 11 is 0. The Morgan fingerprint density at radius 3 is 1.80 bits per heavy atom. The first kappa shape index (κ1) is 33.3.